The van der Waals surface area contributed by atoms with Gasteiger partial charge in [-0.05, 0) is 38.4 Å². The van der Waals surface area contributed by atoms with Gasteiger partial charge in [-0.1, -0.05) is 0 Å². The third-order valence-corrected chi connectivity index (χ3v) is 4.08. The van der Waals surface area contributed by atoms with E-state index in [0.717, 1.165) is 17.9 Å². The molecule has 3 heteroatoms. The Labute approximate surface area is 86.4 Å². The standard InChI is InChI=1S/C11H21N3/c1-13-7-11(8-13)14-5-9-2-10(6-14)4-12-3-9/h9-12H,2-8H2,1H3. The van der Waals surface area contributed by atoms with Crippen LogP contribution in [0.5, 0.6) is 0 Å². The highest BCUT2D eigenvalue weighted by atomic mass is 15.3. The summed E-state index contributed by atoms with van der Waals surface area (Å²) in [6.07, 6.45) is 1.48. The maximum atomic E-state index is 3.55. The van der Waals surface area contributed by atoms with Crippen LogP contribution in [0.4, 0.5) is 0 Å². The van der Waals surface area contributed by atoms with Crippen LogP contribution < -0.4 is 5.32 Å². The summed E-state index contributed by atoms with van der Waals surface area (Å²) in [7, 11) is 2.23. The molecule has 3 fully saturated rings. The van der Waals surface area contributed by atoms with Crippen LogP contribution in [0.15, 0.2) is 0 Å². The average molecular weight is 195 g/mol. The number of fused-ring (bicyclic) bond motifs is 2. The van der Waals surface area contributed by atoms with Crippen LogP contribution in [0.1, 0.15) is 6.42 Å². The third-order valence-electron chi connectivity index (χ3n) is 4.08. The first-order chi connectivity index (χ1) is 6.81. The SMILES string of the molecule is CN1CC(N2CC3CNCC(C3)C2)C1. The summed E-state index contributed by atoms with van der Waals surface area (Å²) in [6.45, 7) is 7.81. The Hall–Kier alpha value is -0.120. The van der Waals surface area contributed by atoms with Crippen molar-refractivity contribution in [1.29, 1.82) is 0 Å². The summed E-state index contributed by atoms with van der Waals surface area (Å²) < 4.78 is 0. The number of likely N-dealkylation sites (N-methyl/N-ethyl adjacent to an activating group) is 1. The molecule has 3 aliphatic rings. The zero-order chi connectivity index (χ0) is 9.54. The van der Waals surface area contributed by atoms with Crippen LogP contribution >= 0.6 is 0 Å². The van der Waals surface area contributed by atoms with Gasteiger partial charge in [0.15, 0.2) is 0 Å². The van der Waals surface area contributed by atoms with Gasteiger partial charge in [-0.25, -0.2) is 0 Å². The van der Waals surface area contributed by atoms with Crippen molar-refractivity contribution >= 4 is 0 Å². The molecule has 2 atom stereocenters. The molecule has 14 heavy (non-hydrogen) atoms. The summed E-state index contributed by atoms with van der Waals surface area (Å²) in [4.78, 5) is 5.17. The minimum atomic E-state index is 0.878. The maximum Gasteiger partial charge on any atom is 0.0350 e. The van der Waals surface area contributed by atoms with Crippen molar-refractivity contribution in [3.8, 4) is 0 Å². The molecule has 0 amide bonds. The van der Waals surface area contributed by atoms with E-state index in [1.54, 1.807) is 0 Å². The number of piperidine rings is 2. The summed E-state index contributed by atoms with van der Waals surface area (Å²) >= 11 is 0. The second-order valence-corrected chi connectivity index (χ2v) is 5.45. The van der Waals surface area contributed by atoms with E-state index in [-0.39, 0.29) is 0 Å². The largest absolute Gasteiger partial charge is 0.316 e. The molecule has 3 heterocycles. The van der Waals surface area contributed by atoms with Crippen molar-refractivity contribution in [3.05, 3.63) is 0 Å². The second-order valence-electron chi connectivity index (χ2n) is 5.45. The van der Waals surface area contributed by atoms with E-state index in [1.807, 2.05) is 0 Å². The van der Waals surface area contributed by atoms with E-state index >= 15 is 0 Å². The van der Waals surface area contributed by atoms with E-state index < -0.39 is 0 Å². The lowest BCUT2D eigenvalue weighted by atomic mass is 9.84. The van der Waals surface area contributed by atoms with Crippen LogP contribution in [0.3, 0.4) is 0 Å². The lowest BCUT2D eigenvalue weighted by molar-refractivity contribution is -0.00348. The van der Waals surface area contributed by atoms with Crippen LogP contribution in [0, 0.1) is 11.8 Å². The van der Waals surface area contributed by atoms with Crippen LogP contribution in [-0.4, -0.2) is 62.2 Å². The number of hydrogen-bond donors (Lipinski definition) is 1. The highest BCUT2D eigenvalue weighted by Crippen LogP contribution is 2.27. The van der Waals surface area contributed by atoms with E-state index in [0.29, 0.717) is 0 Å². The lowest BCUT2D eigenvalue weighted by Gasteiger charge is -2.50. The average Bonchev–Trinajstić information content (AvgIpc) is 2.12. The first-order valence-electron chi connectivity index (χ1n) is 5.94. The van der Waals surface area contributed by atoms with Crippen molar-refractivity contribution in [2.45, 2.75) is 12.5 Å². The molecule has 3 rings (SSSR count). The van der Waals surface area contributed by atoms with Crippen molar-refractivity contribution in [3.63, 3.8) is 0 Å². The van der Waals surface area contributed by atoms with E-state index in [2.05, 4.69) is 22.2 Å². The third kappa shape index (κ3) is 1.58. The van der Waals surface area contributed by atoms with Gasteiger partial charge in [0, 0.05) is 32.2 Å². The van der Waals surface area contributed by atoms with Crippen LogP contribution in [0.25, 0.3) is 0 Å². The van der Waals surface area contributed by atoms with E-state index in [4.69, 9.17) is 0 Å². The molecule has 0 aromatic carbocycles. The number of nitrogens with one attached hydrogen (secondary N) is 1. The maximum absolute atomic E-state index is 3.55. The Bertz CT molecular complexity index is 201. The van der Waals surface area contributed by atoms with Gasteiger partial charge in [-0.2, -0.15) is 0 Å². The predicted octanol–water partition coefficient (Wildman–Crippen LogP) is -0.158. The fraction of sp³-hybridized carbons (Fsp3) is 1.00. The van der Waals surface area contributed by atoms with Gasteiger partial charge in [0.1, 0.15) is 0 Å². The number of hydrogen-bond acceptors (Lipinski definition) is 3. The summed E-state index contributed by atoms with van der Waals surface area (Å²) in [6, 6.07) is 0.878. The molecule has 0 aromatic rings. The van der Waals surface area contributed by atoms with Crippen molar-refractivity contribution in [2.24, 2.45) is 11.8 Å². The van der Waals surface area contributed by atoms with Crippen LogP contribution in [0.2, 0.25) is 0 Å². The zero-order valence-corrected chi connectivity index (χ0v) is 9.08. The highest BCUT2D eigenvalue weighted by molar-refractivity contribution is 4.93. The first kappa shape index (κ1) is 9.13. The molecule has 0 radical (unpaired) electrons. The number of likely N-dealkylation sites (tertiary alicyclic amines) is 2. The lowest BCUT2D eigenvalue weighted by Crippen LogP contribution is -2.63. The normalized spacial score (nSPS) is 40.9. The summed E-state index contributed by atoms with van der Waals surface area (Å²) in [5.41, 5.74) is 0. The minimum Gasteiger partial charge on any atom is -0.316 e. The molecule has 0 aromatic heterocycles. The van der Waals surface area contributed by atoms with E-state index in [1.165, 1.54) is 45.7 Å². The Kier molecular flexibility index (Phi) is 2.26. The molecule has 0 spiro atoms. The molecule has 2 unspecified atom stereocenters. The molecule has 3 aliphatic heterocycles. The molecule has 3 saturated heterocycles. The molecule has 80 valence electrons. The predicted molar refractivity (Wildman–Crippen MR) is 57.3 cm³/mol. The number of nitrogens with zero attached hydrogens (tertiary/aromatic N) is 2. The smallest absolute Gasteiger partial charge is 0.0350 e. The monoisotopic (exact) mass is 195 g/mol. The molecule has 1 N–H and O–H groups in total. The fourth-order valence-electron chi connectivity index (χ4n) is 3.34. The minimum absolute atomic E-state index is 0.878. The van der Waals surface area contributed by atoms with Gasteiger partial charge in [0.25, 0.3) is 0 Å². The molecular weight excluding hydrogens is 174 g/mol. The van der Waals surface area contributed by atoms with Gasteiger partial charge < -0.3 is 10.2 Å². The molecular formula is C11H21N3. The van der Waals surface area contributed by atoms with Gasteiger partial charge in [0.05, 0.1) is 0 Å². The van der Waals surface area contributed by atoms with Gasteiger partial charge >= 0.3 is 0 Å². The number of rotatable bonds is 1. The molecule has 0 saturated carbocycles. The van der Waals surface area contributed by atoms with Gasteiger partial charge in [-0.15, -0.1) is 0 Å². The van der Waals surface area contributed by atoms with Crippen molar-refractivity contribution in [2.75, 3.05) is 46.3 Å². The Morgan fingerprint density at radius 1 is 1.00 bits per heavy atom. The van der Waals surface area contributed by atoms with Gasteiger partial charge in [-0.3, -0.25) is 4.90 Å². The fourth-order valence-corrected chi connectivity index (χ4v) is 3.34. The Morgan fingerprint density at radius 2 is 1.64 bits per heavy atom. The molecule has 2 bridgehead atoms. The Balaban J connectivity index is 1.60. The highest BCUT2D eigenvalue weighted by Gasteiger charge is 2.37. The summed E-state index contributed by atoms with van der Waals surface area (Å²) in [5.74, 6) is 1.88. The molecule has 3 nitrogen and oxygen atoms in total. The quantitative estimate of drug-likeness (QED) is 0.627. The van der Waals surface area contributed by atoms with Crippen LogP contribution in [-0.2, 0) is 0 Å². The topological polar surface area (TPSA) is 18.5 Å². The van der Waals surface area contributed by atoms with Crippen molar-refractivity contribution < 1.29 is 0 Å². The van der Waals surface area contributed by atoms with Gasteiger partial charge in [0.2, 0.25) is 0 Å². The van der Waals surface area contributed by atoms with E-state index in [9.17, 15) is 0 Å². The first-order valence-corrected chi connectivity index (χ1v) is 5.94. The zero-order valence-electron chi connectivity index (χ0n) is 9.08. The second kappa shape index (κ2) is 3.47. The molecule has 0 aliphatic carbocycles. The van der Waals surface area contributed by atoms with Crippen molar-refractivity contribution in [1.82, 2.24) is 15.1 Å². The summed E-state index contributed by atoms with van der Waals surface area (Å²) in [5, 5.41) is 3.55. The Morgan fingerprint density at radius 3 is 2.21 bits per heavy atom.